The van der Waals surface area contributed by atoms with Crippen LogP contribution in [0.4, 0.5) is 0 Å². The second kappa shape index (κ2) is 6.80. The molecule has 24 heavy (non-hydrogen) atoms. The highest BCUT2D eigenvalue weighted by Crippen LogP contribution is 2.42. The number of aromatic nitrogens is 1. The lowest BCUT2D eigenvalue weighted by Crippen LogP contribution is -2.00. The van der Waals surface area contributed by atoms with Crippen LogP contribution in [0.25, 0.3) is 11.1 Å². The molecule has 0 bridgehead atoms. The van der Waals surface area contributed by atoms with Crippen molar-refractivity contribution >= 4 is 17.1 Å². The molecule has 0 atom stereocenters. The maximum atomic E-state index is 12.7. The lowest BCUT2D eigenvalue weighted by molar-refractivity contribution is 0.104. The molecule has 0 aliphatic carbocycles. The number of hydrogen-bond donors (Lipinski definition) is 1. The first-order valence-corrected chi connectivity index (χ1v) is 8.13. The summed E-state index contributed by atoms with van der Waals surface area (Å²) in [7, 11) is 4.69. The van der Waals surface area contributed by atoms with Gasteiger partial charge in [-0.15, -0.1) is 11.3 Å². The highest BCUT2D eigenvalue weighted by Gasteiger charge is 2.20. The summed E-state index contributed by atoms with van der Waals surface area (Å²) in [4.78, 5) is 16.4. The quantitative estimate of drug-likeness (QED) is 0.687. The van der Waals surface area contributed by atoms with Crippen molar-refractivity contribution in [3.63, 3.8) is 0 Å². The Morgan fingerprint density at radius 3 is 2.29 bits per heavy atom. The molecule has 3 aromatic rings. The zero-order valence-electron chi connectivity index (χ0n) is 13.6. The van der Waals surface area contributed by atoms with E-state index in [9.17, 15) is 4.79 Å². The van der Waals surface area contributed by atoms with Crippen LogP contribution in [0.5, 0.6) is 17.2 Å². The smallest absolute Gasteiger partial charge is 0.205 e. The molecule has 0 aliphatic rings. The van der Waals surface area contributed by atoms with E-state index in [0.717, 1.165) is 11.1 Å². The molecular weight excluding hydrogens is 326 g/mol. The molecule has 0 saturated heterocycles. The monoisotopic (exact) mass is 343 g/mol. The van der Waals surface area contributed by atoms with Gasteiger partial charge >= 0.3 is 0 Å². The van der Waals surface area contributed by atoms with Crippen LogP contribution in [0.1, 0.15) is 15.2 Å². The van der Waals surface area contributed by atoms with Crippen molar-refractivity contribution in [2.45, 2.75) is 0 Å². The average molecular weight is 343 g/mol. The number of rotatable bonds is 6. The largest absolute Gasteiger partial charge is 0.493 e. The fraction of sp³-hybridized carbons (Fsp3) is 0.167. The summed E-state index contributed by atoms with van der Waals surface area (Å²) >= 11 is 1.42. The molecule has 0 saturated carbocycles. The first-order chi connectivity index (χ1) is 11.7. The van der Waals surface area contributed by atoms with Crippen LogP contribution >= 0.6 is 11.3 Å². The second-order valence-electron chi connectivity index (χ2n) is 5.00. The first-order valence-electron chi connectivity index (χ1n) is 7.25. The van der Waals surface area contributed by atoms with Gasteiger partial charge in [-0.05, 0) is 29.1 Å². The van der Waals surface area contributed by atoms with Crippen molar-refractivity contribution in [3.8, 4) is 28.4 Å². The molecular formula is C18H17NO4S. The molecule has 124 valence electrons. The average Bonchev–Trinajstić information content (AvgIpc) is 3.31. The Morgan fingerprint density at radius 2 is 1.75 bits per heavy atom. The van der Waals surface area contributed by atoms with E-state index in [1.54, 1.807) is 33.7 Å². The van der Waals surface area contributed by atoms with E-state index in [4.69, 9.17) is 14.2 Å². The molecule has 5 nitrogen and oxygen atoms in total. The van der Waals surface area contributed by atoms with Gasteiger partial charge in [-0.3, -0.25) is 4.79 Å². The number of carbonyl (C=O) groups excluding carboxylic acids is 1. The molecule has 2 aromatic heterocycles. The Balaban J connectivity index is 2.11. The summed E-state index contributed by atoms with van der Waals surface area (Å²) in [6.45, 7) is 0. The molecule has 0 fully saturated rings. The number of H-pyrrole nitrogens is 1. The van der Waals surface area contributed by atoms with Gasteiger partial charge in [0.25, 0.3) is 0 Å². The fourth-order valence-corrected chi connectivity index (χ4v) is 3.25. The number of ether oxygens (including phenoxy) is 3. The van der Waals surface area contributed by atoms with Crippen LogP contribution in [-0.2, 0) is 0 Å². The van der Waals surface area contributed by atoms with Crippen molar-refractivity contribution in [2.24, 2.45) is 0 Å². The number of carbonyl (C=O) groups is 1. The second-order valence-corrected chi connectivity index (χ2v) is 5.95. The minimum absolute atomic E-state index is 0.0185. The third-order valence-corrected chi connectivity index (χ3v) is 4.58. The number of benzene rings is 1. The van der Waals surface area contributed by atoms with E-state index in [1.165, 1.54) is 11.3 Å². The van der Waals surface area contributed by atoms with Gasteiger partial charge in [0.05, 0.1) is 26.2 Å². The van der Waals surface area contributed by atoms with Crippen LogP contribution in [0, 0.1) is 0 Å². The van der Waals surface area contributed by atoms with Gasteiger partial charge in [0.2, 0.25) is 11.5 Å². The van der Waals surface area contributed by atoms with Crippen molar-refractivity contribution in [1.82, 2.24) is 4.98 Å². The van der Waals surface area contributed by atoms with Crippen LogP contribution in [0.3, 0.4) is 0 Å². The number of nitrogens with one attached hydrogen (secondary N) is 1. The summed E-state index contributed by atoms with van der Waals surface area (Å²) < 4.78 is 16.1. The standard InChI is InChI=1S/C18H17NO4S/c1-21-14-7-11(8-15(22-2)18(14)23-3)12-9-19-10-13(12)17(20)16-5-4-6-24-16/h4-10,19H,1-3H3. The van der Waals surface area contributed by atoms with E-state index in [0.29, 0.717) is 27.7 Å². The van der Waals surface area contributed by atoms with E-state index in [2.05, 4.69) is 4.98 Å². The molecule has 3 rings (SSSR count). The van der Waals surface area contributed by atoms with Gasteiger partial charge in [-0.1, -0.05) is 6.07 Å². The minimum atomic E-state index is -0.0185. The van der Waals surface area contributed by atoms with Crippen molar-refractivity contribution in [3.05, 3.63) is 52.5 Å². The normalized spacial score (nSPS) is 10.5. The Kier molecular flexibility index (Phi) is 4.57. The molecule has 0 amide bonds. The van der Waals surface area contributed by atoms with Gasteiger partial charge in [0.15, 0.2) is 11.5 Å². The molecule has 1 N–H and O–H groups in total. The fourth-order valence-electron chi connectivity index (χ4n) is 2.57. The lowest BCUT2D eigenvalue weighted by Gasteiger charge is -2.14. The van der Waals surface area contributed by atoms with Crippen LogP contribution in [-0.4, -0.2) is 32.1 Å². The van der Waals surface area contributed by atoms with Gasteiger partial charge in [-0.25, -0.2) is 0 Å². The van der Waals surface area contributed by atoms with Crippen molar-refractivity contribution in [2.75, 3.05) is 21.3 Å². The molecule has 0 spiro atoms. The third-order valence-electron chi connectivity index (χ3n) is 3.71. The summed E-state index contributed by atoms with van der Waals surface area (Å²) in [5.41, 5.74) is 2.20. The maximum absolute atomic E-state index is 12.7. The minimum Gasteiger partial charge on any atom is -0.493 e. The lowest BCUT2D eigenvalue weighted by atomic mass is 10.0. The van der Waals surface area contributed by atoms with E-state index >= 15 is 0 Å². The molecule has 0 unspecified atom stereocenters. The maximum Gasteiger partial charge on any atom is 0.205 e. The van der Waals surface area contributed by atoms with E-state index in [1.807, 2.05) is 29.6 Å². The molecule has 1 aromatic carbocycles. The Labute approximate surface area is 143 Å². The van der Waals surface area contributed by atoms with Crippen molar-refractivity contribution < 1.29 is 19.0 Å². The number of methoxy groups -OCH3 is 3. The number of ketones is 1. The predicted molar refractivity (Wildman–Crippen MR) is 93.6 cm³/mol. The Hall–Kier alpha value is -2.73. The van der Waals surface area contributed by atoms with Gasteiger partial charge < -0.3 is 19.2 Å². The van der Waals surface area contributed by atoms with Crippen molar-refractivity contribution in [1.29, 1.82) is 0 Å². The van der Waals surface area contributed by atoms with Crippen LogP contribution in [0.15, 0.2) is 42.0 Å². The van der Waals surface area contributed by atoms with E-state index in [-0.39, 0.29) is 5.78 Å². The van der Waals surface area contributed by atoms with Gasteiger partial charge in [-0.2, -0.15) is 0 Å². The zero-order chi connectivity index (χ0) is 17.1. The Morgan fingerprint density at radius 1 is 1.04 bits per heavy atom. The number of aromatic amines is 1. The third kappa shape index (κ3) is 2.76. The summed E-state index contributed by atoms with van der Waals surface area (Å²) in [6.07, 6.45) is 3.50. The van der Waals surface area contributed by atoms with Crippen LogP contribution in [0.2, 0.25) is 0 Å². The topological polar surface area (TPSA) is 60.6 Å². The molecule has 6 heteroatoms. The predicted octanol–water partition coefficient (Wildman–Crippen LogP) is 4.00. The van der Waals surface area contributed by atoms with Gasteiger partial charge in [0.1, 0.15) is 0 Å². The summed E-state index contributed by atoms with van der Waals surface area (Å²) in [6, 6.07) is 7.34. The first kappa shape index (κ1) is 16.1. The summed E-state index contributed by atoms with van der Waals surface area (Å²) in [5.74, 6) is 1.59. The highest BCUT2D eigenvalue weighted by molar-refractivity contribution is 7.12. The molecule has 0 radical (unpaired) electrons. The van der Waals surface area contributed by atoms with E-state index < -0.39 is 0 Å². The SMILES string of the molecule is COc1cc(-c2c[nH]cc2C(=O)c2cccs2)cc(OC)c1OC. The Bertz CT molecular complexity index is 827. The number of thiophene rings is 1. The van der Waals surface area contributed by atoms with Crippen LogP contribution < -0.4 is 14.2 Å². The van der Waals surface area contributed by atoms with Gasteiger partial charge in [0, 0.05) is 23.5 Å². The number of hydrogen-bond acceptors (Lipinski definition) is 5. The summed E-state index contributed by atoms with van der Waals surface area (Å²) in [5, 5.41) is 1.89. The zero-order valence-corrected chi connectivity index (χ0v) is 14.4. The molecule has 0 aliphatic heterocycles. The molecule has 2 heterocycles. The highest BCUT2D eigenvalue weighted by atomic mass is 32.1.